The van der Waals surface area contributed by atoms with Gasteiger partial charge in [0.2, 0.25) is 0 Å². The van der Waals surface area contributed by atoms with Crippen LogP contribution in [0.25, 0.3) is 0 Å². The van der Waals surface area contributed by atoms with Crippen LogP contribution >= 0.6 is 0 Å². The molecule has 0 bridgehead atoms. The molecule has 0 amide bonds. The van der Waals surface area contributed by atoms with E-state index < -0.39 is 5.97 Å². The molecule has 1 heterocycles. The summed E-state index contributed by atoms with van der Waals surface area (Å²) in [5.74, 6) is -0.891. The predicted molar refractivity (Wildman–Crippen MR) is 42.0 cm³/mol. The van der Waals surface area contributed by atoms with E-state index in [2.05, 4.69) is 5.10 Å². The molecule has 0 aliphatic heterocycles. The van der Waals surface area contributed by atoms with Crippen molar-refractivity contribution in [2.75, 3.05) is 0 Å². The van der Waals surface area contributed by atoms with Gasteiger partial charge in [0, 0.05) is 25.2 Å². The van der Waals surface area contributed by atoms with Crippen LogP contribution in [0.2, 0.25) is 0 Å². The van der Waals surface area contributed by atoms with Crippen LogP contribution < -0.4 is 5.56 Å². The Bertz CT molecular complexity index is 337. The number of rotatable bonds is 3. The largest absolute Gasteiger partial charge is 0.481 e. The zero-order valence-corrected chi connectivity index (χ0v) is 6.70. The molecule has 0 unspecified atom stereocenters. The maximum absolute atomic E-state index is 11.0. The van der Waals surface area contributed by atoms with E-state index >= 15 is 0 Å². The van der Waals surface area contributed by atoms with Crippen LogP contribution in [0.1, 0.15) is 12.0 Å². The van der Waals surface area contributed by atoms with E-state index in [-0.39, 0.29) is 18.4 Å². The fraction of sp³-hybridized carbons (Fsp3) is 0.429. The molecule has 1 aromatic rings. The molecule has 0 spiro atoms. The lowest BCUT2D eigenvalue weighted by Crippen LogP contribution is -2.08. The molecular weight excluding hydrogens is 160 g/mol. The van der Waals surface area contributed by atoms with Gasteiger partial charge in [0.15, 0.2) is 0 Å². The first kappa shape index (κ1) is 8.58. The normalized spacial score (nSPS) is 10.1. The van der Waals surface area contributed by atoms with E-state index in [1.165, 1.54) is 4.68 Å². The summed E-state index contributed by atoms with van der Waals surface area (Å²) in [5.41, 5.74) is 0.304. The van der Waals surface area contributed by atoms with Crippen molar-refractivity contribution in [3.8, 4) is 0 Å². The minimum Gasteiger partial charge on any atom is -0.481 e. The number of aliphatic carboxylic acids is 1. The molecule has 0 saturated carbocycles. The quantitative estimate of drug-likeness (QED) is 0.655. The topological polar surface area (TPSA) is 75.1 Å². The van der Waals surface area contributed by atoms with Crippen LogP contribution in [0, 0.1) is 0 Å². The van der Waals surface area contributed by atoms with Crippen molar-refractivity contribution in [1.29, 1.82) is 0 Å². The highest BCUT2D eigenvalue weighted by Crippen LogP contribution is 1.94. The Morgan fingerprint density at radius 1 is 1.75 bits per heavy atom. The number of aromatic nitrogens is 2. The van der Waals surface area contributed by atoms with Gasteiger partial charge in [-0.05, 0) is 6.42 Å². The van der Waals surface area contributed by atoms with Gasteiger partial charge in [-0.3, -0.25) is 19.4 Å². The van der Waals surface area contributed by atoms with E-state index in [0.717, 1.165) is 0 Å². The van der Waals surface area contributed by atoms with Gasteiger partial charge in [-0.2, -0.15) is 0 Å². The molecule has 0 saturated heterocycles. The number of aromatic amines is 1. The Morgan fingerprint density at radius 2 is 2.42 bits per heavy atom. The van der Waals surface area contributed by atoms with Gasteiger partial charge >= 0.3 is 5.97 Å². The number of hydrogen-bond donors (Lipinski definition) is 2. The van der Waals surface area contributed by atoms with Crippen LogP contribution in [0.3, 0.4) is 0 Å². The lowest BCUT2D eigenvalue weighted by atomic mass is 10.2. The third-order valence-electron chi connectivity index (χ3n) is 1.53. The highest BCUT2D eigenvalue weighted by Gasteiger charge is 2.04. The number of H-pyrrole nitrogens is 1. The van der Waals surface area contributed by atoms with Crippen LogP contribution in [-0.4, -0.2) is 20.9 Å². The van der Waals surface area contributed by atoms with Crippen molar-refractivity contribution >= 4 is 5.97 Å². The first-order chi connectivity index (χ1) is 5.59. The maximum atomic E-state index is 11.0. The zero-order valence-electron chi connectivity index (χ0n) is 6.70. The Balaban J connectivity index is 2.69. The first-order valence-electron chi connectivity index (χ1n) is 3.56. The Labute approximate surface area is 68.6 Å². The number of hydrogen-bond acceptors (Lipinski definition) is 2. The van der Waals surface area contributed by atoms with E-state index in [0.29, 0.717) is 5.56 Å². The first-order valence-corrected chi connectivity index (χ1v) is 3.56. The molecule has 0 radical (unpaired) electrons. The van der Waals surface area contributed by atoms with E-state index in [1.54, 1.807) is 13.2 Å². The minimum absolute atomic E-state index is 0.00685. The van der Waals surface area contributed by atoms with Crippen LogP contribution in [0.15, 0.2) is 11.0 Å². The van der Waals surface area contributed by atoms with E-state index in [9.17, 15) is 9.59 Å². The SMILES string of the molecule is Cn1cc(CCC(=O)O)c(=O)[nH]1. The maximum Gasteiger partial charge on any atom is 0.303 e. The summed E-state index contributed by atoms with van der Waals surface area (Å²) in [5, 5.41) is 10.9. The van der Waals surface area contributed by atoms with Crippen molar-refractivity contribution < 1.29 is 9.90 Å². The van der Waals surface area contributed by atoms with Gasteiger partial charge in [0.1, 0.15) is 0 Å². The van der Waals surface area contributed by atoms with Crippen molar-refractivity contribution in [1.82, 2.24) is 9.78 Å². The summed E-state index contributed by atoms with van der Waals surface area (Å²) < 4.78 is 1.51. The fourth-order valence-electron chi connectivity index (χ4n) is 0.976. The summed E-state index contributed by atoms with van der Waals surface area (Å²) in [6.07, 6.45) is 1.88. The molecule has 66 valence electrons. The molecule has 0 fully saturated rings. The number of carboxylic acid groups (broad SMARTS) is 1. The van der Waals surface area contributed by atoms with Crippen molar-refractivity contribution in [3.05, 3.63) is 22.1 Å². The van der Waals surface area contributed by atoms with Gasteiger partial charge < -0.3 is 5.11 Å². The standard InChI is InChI=1S/C7H10N2O3/c1-9-4-5(7(12)8-9)2-3-6(10)11/h4H,2-3H2,1H3,(H,8,12)(H,10,11). The lowest BCUT2D eigenvalue weighted by Gasteiger charge is -1.89. The van der Waals surface area contributed by atoms with Crippen LogP contribution in [0.4, 0.5) is 0 Å². The van der Waals surface area contributed by atoms with Crippen molar-refractivity contribution in [2.45, 2.75) is 12.8 Å². The summed E-state index contributed by atoms with van der Waals surface area (Å²) in [7, 11) is 1.69. The average molecular weight is 170 g/mol. The second kappa shape index (κ2) is 3.25. The van der Waals surface area contributed by atoms with Crippen molar-refractivity contribution in [2.24, 2.45) is 7.05 Å². The van der Waals surface area contributed by atoms with Gasteiger partial charge in [-0.15, -0.1) is 0 Å². The minimum atomic E-state index is -0.891. The number of nitrogens with one attached hydrogen (secondary N) is 1. The molecule has 0 aromatic carbocycles. The second-order valence-electron chi connectivity index (χ2n) is 2.60. The molecule has 0 atom stereocenters. The van der Waals surface area contributed by atoms with Gasteiger partial charge in [0.25, 0.3) is 5.56 Å². The summed E-state index contributed by atoms with van der Waals surface area (Å²) in [4.78, 5) is 21.2. The molecule has 0 aliphatic rings. The smallest absolute Gasteiger partial charge is 0.303 e. The van der Waals surface area contributed by atoms with Crippen LogP contribution in [0.5, 0.6) is 0 Å². The lowest BCUT2D eigenvalue weighted by molar-refractivity contribution is -0.136. The third-order valence-corrected chi connectivity index (χ3v) is 1.53. The number of nitrogens with zero attached hydrogens (tertiary/aromatic N) is 1. The summed E-state index contributed by atoms with van der Waals surface area (Å²) >= 11 is 0. The highest BCUT2D eigenvalue weighted by molar-refractivity contribution is 5.67. The molecule has 2 N–H and O–H groups in total. The van der Waals surface area contributed by atoms with E-state index in [1.807, 2.05) is 0 Å². The third kappa shape index (κ3) is 1.98. The Morgan fingerprint density at radius 3 is 2.83 bits per heavy atom. The molecule has 1 aromatic heterocycles. The monoisotopic (exact) mass is 170 g/mol. The zero-order chi connectivity index (χ0) is 9.14. The highest BCUT2D eigenvalue weighted by atomic mass is 16.4. The number of carbonyl (C=O) groups is 1. The van der Waals surface area contributed by atoms with Crippen LogP contribution in [-0.2, 0) is 18.3 Å². The number of aryl methyl sites for hydroxylation is 2. The fourth-order valence-corrected chi connectivity index (χ4v) is 0.976. The van der Waals surface area contributed by atoms with E-state index in [4.69, 9.17) is 5.11 Å². The molecule has 1 rings (SSSR count). The average Bonchev–Trinajstić information content (AvgIpc) is 2.26. The summed E-state index contributed by atoms with van der Waals surface area (Å²) in [6, 6.07) is 0. The Kier molecular flexibility index (Phi) is 2.32. The molecule has 12 heavy (non-hydrogen) atoms. The van der Waals surface area contributed by atoms with Crippen molar-refractivity contribution in [3.63, 3.8) is 0 Å². The van der Waals surface area contributed by atoms with Gasteiger partial charge in [-0.1, -0.05) is 0 Å². The number of carboxylic acids is 1. The molecule has 5 heteroatoms. The molecular formula is C7H10N2O3. The predicted octanol–water partition coefficient (Wildman–Crippen LogP) is -0.269. The Hall–Kier alpha value is -1.52. The second-order valence-corrected chi connectivity index (χ2v) is 2.60. The summed E-state index contributed by atoms with van der Waals surface area (Å²) in [6.45, 7) is 0. The van der Waals surface area contributed by atoms with Gasteiger partial charge in [-0.25, -0.2) is 0 Å². The molecule has 5 nitrogen and oxygen atoms in total. The van der Waals surface area contributed by atoms with Gasteiger partial charge in [0.05, 0.1) is 0 Å². The molecule has 0 aliphatic carbocycles.